The fourth-order valence-corrected chi connectivity index (χ4v) is 4.24. The van der Waals surface area contributed by atoms with Gasteiger partial charge in [-0.05, 0) is 37.9 Å². The Kier molecular flexibility index (Phi) is 4.99. The van der Waals surface area contributed by atoms with Crippen LogP contribution in [0, 0.1) is 5.92 Å². The van der Waals surface area contributed by atoms with Crippen molar-refractivity contribution >= 4 is 23.6 Å². The lowest BCUT2D eigenvalue weighted by Crippen LogP contribution is -2.66. The number of hydrogen-bond acceptors (Lipinski definition) is 3. The predicted molar refractivity (Wildman–Crippen MR) is 82.6 cm³/mol. The summed E-state index contributed by atoms with van der Waals surface area (Å²) in [5, 5.41) is 3.52. The van der Waals surface area contributed by atoms with Crippen LogP contribution in [0.3, 0.4) is 0 Å². The number of carbonyl (C=O) groups is 2. The summed E-state index contributed by atoms with van der Waals surface area (Å²) in [6.07, 6.45) is 6.01. The highest BCUT2D eigenvalue weighted by Gasteiger charge is 2.45. The number of amides is 2. The summed E-state index contributed by atoms with van der Waals surface area (Å²) in [6, 6.07) is -0.380. The van der Waals surface area contributed by atoms with E-state index in [2.05, 4.69) is 11.6 Å². The molecular weight excluding hydrogens is 272 g/mol. The molecule has 2 fully saturated rings. The molecule has 1 N–H and O–H groups in total. The molecule has 1 saturated carbocycles. The molecule has 0 radical (unpaired) electrons. The number of thioether (sulfide) groups is 1. The summed E-state index contributed by atoms with van der Waals surface area (Å²) in [6.45, 7) is 6.01. The van der Waals surface area contributed by atoms with Crippen LogP contribution in [0.25, 0.3) is 0 Å². The molecule has 0 spiro atoms. The zero-order valence-corrected chi connectivity index (χ0v) is 13.7. The lowest BCUT2D eigenvalue weighted by molar-refractivity contribution is -0.154. The molecule has 0 aromatic heterocycles. The van der Waals surface area contributed by atoms with Crippen molar-refractivity contribution in [1.29, 1.82) is 0 Å². The first kappa shape index (κ1) is 15.7. The Balaban J connectivity index is 2.23. The zero-order valence-electron chi connectivity index (χ0n) is 12.9. The van der Waals surface area contributed by atoms with E-state index in [9.17, 15) is 9.59 Å². The van der Waals surface area contributed by atoms with Crippen LogP contribution in [0.1, 0.15) is 46.5 Å². The van der Waals surface area contributed by atoms with E-state index >= 15 is 0 Å². The fraction of sp³-hybridized carbons (Fsp3) is 0.867. The van der Waals surface area contributed by atoms with E-state index in [1.54, 1.807) is 0 Å². The molecule has 4 atom stereocenters. The first-order chi connectivity index (χ1) is 9.49. The van der Waals surface area contributed by atoms with Gasteiger partial charge in [0.1, 0.15) is 12.1 Å². The number of piperazine rings is 1. The van der Waals surface area contributed by atoms with Gasteiger partial charge in [0.25, 0.3) is 0 Å². The SMILES string of the molecule is CCC1NC(=O)C(C(C)C)N(C2CCC(SC)C2)C1=O. The summed E-state index contributed by atoms with van der Waals surface area (Å²) in [7, 11) is 0. The van der Waals surface area contributed by atoms with Crippen molar-refractivity contribution in [2.75, 3.05) is 6.26 Å². The molecule has 114 valence electrons. The highest BCUT2D eigenvalue weighted by molar-refractivity contribution is 7.99. The van der Waals surface area contributed by atoms with Gasteiger partial charge in [0.2, 0.25) is 11.8 Å². The van der Waals surface area contributed by atoms with Crippen LogP contribution >= 0.6 is 11.8 Å². The highest BCUT2D eigenvalue weighted by atomic mass is 32.2. The van der Waals surface area contributed by atoms with Crippen LogP contribution in [-0.4, -0.2) is 46.3 Å². The maximum atomic E-state index is 12.7. The number of carbonyl (C=O) groups excluding carboxylic acids is 2. The van der Waals surface area contributed by atoms with Gasteiger partial charge in [-0.1, -0.05) is 20.8 Å². The van der Waals surface area contributed by atoms with Crippen molar-refractivity contribution in [2.45, 2.75) is 69.8 Å². The third-order valence-corrected chi connectivity index (χ3v) is 5.66. The Morgan fingerprint density at radius 1 is 1.35 bits per heavy atom. The third kappa shape index (κ3) is 2.83. The van der Waals surface area contributed by atoms with Crippen molar-refractivity contribution in [3.63, 3.8) is 0 Å². The molecule has 4 unspecified atom stereocenters. The van der Waals surface area contributed by atoms with Crippen LogP contribution in [0.15, 0.2) is 0 Å². The zero-order chi connectivity index (χ0) is 14.9. The monoisotopic (exact) mass is 298 g/mol. The first-order valence-electron chi connectivity index (χ1n) is 7.64. The molecule has 1 aliphatic carbocycles. The maximum Gasteiger partial charge on any atom is 0.246 e. The van der Waals surface area contributed by atoms with Gasteiger partial charge in [0.15, 0.2) is 0 Å². The van der Waals surface area contributed by atoms with Crippen LogP contribution in [0.5, 0.6) is 0 Å². The number of rotatable bonds is 4. The molecule has 4 nitrogen and oxygen atoms in total. The molecule has 0 aromatic carbocycles. The van der Waals surface area contributed by atoms with Crippen LogP contribution in [0.2, 0.25) is 0 Å². The minimum absolute atomic E-state index is 0.0269. The number of nitrogens with zero attached hydrogens (tertiary/aromatic N) is 1. The van der Waals surface area contributed by atoms with Gasteiger partial charge in [0, 0.05) is 11.3 Å². The summed E-state index contributed by atoms with van der Waals surface area (Å²) in [4.78, 5) is 27.0. The quantitative estimate of drug-likeness (QED) is 0.864. The standard InChI is InChI=1S/C15H26N2O2S/c1-5-12-15(19)17(10-6-7-11(8-10)20-4)13(9(2)3)14(18)16-12/h9-13H,5-8H2,1-4H3,(H,16,18). The van der Waals surface area contributed by atoms with E-state index in [4.69, 9.17) is 0 Å². The first-order valence-corrected chi connectivity index (χ1v) is 8.93. The van der Waals surface area contributed by atoms with Crippen molar-refractivity contribution < 1.29 is 9.59 Å². The van der Waals surface area contributed by atoms with Gasteiger partial charge in [0.05, 0.1) is 0 Å². The van der Waals surface area contributed by atoms with E-state index < -0.39 is 0 Å². The summed E-state index contributed by atoms with van der Waals surface area (Å²) in [5.41, 5.74) is 0. The highest BCUT2D eigenvalue weighted by Crippen LogP contribution is 2.35. The summed E-state index contributed by atoms with van der Waals surface area (Å²) < 4.78 is 0. The average Bonchev–Trinajstić information content (AvgIpc) is 2.88. The Bertz CT molecular complexity index is 386. The largest absolute Gasteiger partial charge is 0.343 e. The Hall–Kier alpha value is -0.710. The van der Waals surface area contributed by atoms with E-state index in [-0.39, 0.29) is 35.9 Å². The maximum absolute atomic E-state index is 12.7. The minimum atomic E-state index is -0.328. The molecule has 0 bridgehead atoms. The summed E-state index contributed by atoms with van der Waals surface area (Å²) in [5.74, 6) is 0.307. The fourth-order valence-electron chi connectivity index (χ4n) is 3.45. The van der Waals surface area contributed by atoms with Gasteiger partial charge in [-0.25, -0.2) is 0 Å². The van der Waals surface area contributed by atoms with Gasteiger partial charge < -0.3 is 10.2 Å². The van der Waals surface area contributed by atoms with Crippen molar-refractivity contribution in [1.82, 2.24) is 10.2 Å². The predicted octanol–water partition coefficient (Wildman–Crippen LogP) is 2.03. The lowest BCUT2D eigenvalue weighted by atomic mass is 9.94. The third-order valence-electron chi connectivity index (χ3n) is 4.56. The van der Waals surface area contributed by atoms with Crippen LogP contribution < -0.4 is 5.32 Å². The molecule has 2 rings (SSSR count). The number of nitrogens with one attached hydrogen (secondary N) is 1. The van der Waals surface area contributed by atoms with Crippen molar-refractivity contribution in [3.05, 3.63) is 0 Å². The molecular formula is C15H26N2O2S. The molecule has 1 saturated heterocycles. The number of hydrogen-bond donors (Lipinski definition) is 1. The van der Waals surface area contributed by atoms with E-state index in [0.717, 1.165) is 19.3 Å². The van der Waals surface area contributed by atoms with Gasteiger partial charge in [-0.15, -0.1) is 0 Å². The second kappa shape index (κ2) is 6.37. The van der Waals surface area contributed by atoms with Gasteiger partial charge in [-0.2, -0.15) is 11.8 Å². The second-order valence-corrected chi connectivity index (χ2v) is 7.37. The van der Waals surface area contributed by atoms with Crippen LogP contribution in [-0.2, 0) is 9.59 Å². The van der Waals surface area contributed by atoms with E-state index in [1.807, 2.05) is 37.4 Å². The van der Waals surface area contributed by atoms with Crippen molar-refractivity contribution in [3.8, 4) is 0 Å². The molecule has 5 heteroatoms. The Labute approximate surface area is 126 Å². The molecule has 20 heavy (non-hydrogen) atoms. The summed E-state index contributed by atoms with van der Waals surface area (Å²) >= 11 is 1.88. The molecule has 0 aromatic rings. The smallest absolute Gasteiger partial charge is 0.246 e. The molecule has 2 aliphatic rings. The molecule has 1 heterocycles. The normalized spacial score (nSPS) is 34.8. The van der Waals surface area contributed by atoms with E-state index in [1.165, 1.54) is 0 Å². The topological polar surface area (TPSA) is 49.4 Å². The van der Waals surface area contributed by atoms with Crippen LogP contribution in [0.4, 0.5) is 0 Å². The Morgan fingerprint density at radius 2 is 2.05 bits per heavy atom. The van der Waals surface area contributed by atoms with Crippen molar-refractivity contribution in [2.24, 2.45) is 5.92 Å². The lowest BCUT2D eigenvalue weighted by Gasteiger charge is -2.44. The average molecular weight is 298 g/mol. The van der Waals surface area contributed by atoms with Gasteiger partial charge >= 0.3 is 0 Å². The minimum Gasteiger partial charge on any atom is -0.343 e. The van der Waals surface area contributed by atoms with E-state index in [0.29, 0.717) is 11.7 Å². The molecule has 2 amide bonds. The van der Waals surface area contributed by atoms with Gasteiger partial charge in [-0.3, -0.25) is 9.59 Å². The molecule has 1 aliphatic heterocycles. The Morgan fingerprint density at radius 3 is 2.55 bits per heavy atom. The second-order valence-electron chi connectivity index (χ2n) is 6.23.